The van der Waals surface area contributed by atoms with E-state index in [-0.39, 0.29) is 4.90 Å². The SMILES string of the molecule is Cc1ccc(S(=O)(=O)N2CCCCC2c2ccc(C(F)(F)F)cc2)cc1. The Morgan fingerprint density at radius 2 is 1.58 bits per heavy atom. The monoisotopic (exact) mass is 383 g/mol. The number of aryl methyl sites for hydroxylation is 1. The molecule has 1 aliphatic rings. The predicted molar refractivity (Wildman–Crippen MR) is 93.1 cm³/mol. The highest BCUT2D eigenvalue weighted by molar-refractivity contribution is 7.89. The number of rotatable bonds is 3. The number of alkyl halides is 3. The van der Waals surface area contributed by atoms with Crippen LogP contribution in [0.2, 0.25) is 0 Å². The molecule has 0 N–H and O–H groups in total. The largest absolute Gasteiger partial charge is 0.416 e. The lowest BCUT2D eigenvalue weighted by molar-refractivity contribution is -0.137. The van der Waals surface area contributed by atoms with Gasteiger partial charge in [0.25, 0.3) is 0 Å². The van der Waals surface area contributed by atoms with Gasteiger partial charge in [-0.3, -0.25) is 0 Å². The van der Waals surface area contributed by atoms with Crippen LogP contribution in [0.1, 0.15) is 42.0 Å². The standard InChI is InChI=1S/C19H20F3NO2S/c1-14-5-11-17(12-6-14)26(24,25)23-13-3-2-4-18(23)15-7-9-16(10-8-15)19(20,21)22/h5-12,18H,2-4,13H2,1H3. The first-order valence-corrected chi connectivity index (χ1v) is 9.89. The van der Waals surface area contributed by atoms with Gasteiger partial charge < -0.3 is 0 Å². The average molecular weight is 383 g/mol. The van der Waals surface area contributed by atoms with E-state index in [1.54, 1.807) is 24.3 Å². The van der Waals surface area contributed by atoms with Crippen molar-refractivity contribution < 1.29 is 21.6 Å². The van der Waals surface area contributed by atoms with E-state index in [0.717, 1.165) is 30.5 Å². The van der Waals surface area contributed by atoms with Gasteiger partial charge in [0.2, 0.25) is 10.0 Å². The normalized spacial score (nSPS) is 19.5. The molecule has 7 heteroatoms. The molecule has 3 nitrogen and oxygen atoms in total. The topological polar surface area (TPSA) is 37.4 Å². The van der Waals surface area contributed by atoms with Crippen LogP contribution in [0, 0.1) is 6.92 Å². The lowest BCUT2D eigenvalue weighted by Gasteiger charge is -2.35. The maximum atomic E-state index is 13.1. The van der Waals surface area contributed by atoms with Crippen molar-refractivity contribution >= 4 is 10.0 Å². The Morgan fingerprint density at radius 3 is 2.15 bits per heavy atom. The van der Waals surface area contributed by atoms with Gasteiger partial charge in [0.05, 0.1) is 16.5 Å². The maximum absolute atomic E-state index is 13.1. The molecule has 1 saturated heterocycles. The number of nitrogens with zero attached hydrogens (tertiary/aromatic N) is 1. The van der Waals surface area contributed by atoms with Crippen LogP contribution in [0.25, 0.3) is 0 Å². The van der Waals surface area contributed by atoms with Gasteiger partial charge in [-0.05, 0) is 49.6 Å². The Kier molecular flexibility index (Phi) is 5.12. The molecule has 0 spiro atoms. The minimum Gasteiger partial charge on any atom is -0.207 e. The lowest BCUT2D eigenvalue weighted by atomic mass is 9.96. The summed E-state index contributed by atoms with van der Waals surface area (Å²) in [7, 11) is -3.70. The summed E-state index contributed by atoms with van der Waals surface area (Å²) in [6.45, 7) is 2.24. The minimum absolute atomic E-state index is 0.210. The van der Waals surface area contributed by atoms with Crippen LogP contribution in [-0.2, 0) is 16.2 Å². The van der Waals surface area contributed by atoms with Crippen LogP contribution >= 0.6 is 0 Å². The van der Waals surface area contributed by atoms with Crippen molar-refractivity contribution in [3.63, 3.8) is 0 Å². The summed E-state index contributed by atoms with van der Waals surface area (Å²) in [4.78, 5) is 0.210. The quantitative estimate of drug-likeness (QED) is 0.754. The maximum Gasteiger partial charge on any atom is 0.416 e. The van der Waals surface area contributed by atoms with Gasteiger partial charge in [-0.25, -0.2) is 8.42 Å². The van der Waals surface area contributed by atoms with Gasteiger partial charge in [-0.2, -0.15) is 17.5 Å². The van der Waals surface area contributed by atoms with Crippen molar-refractivity contribution in [1.29, 1.82) is 0 Å². The first kappa shape index (κ1) is 18.9. The molecule has 1 fully saturated rings. The molecule has 140 valence electrons. The number of hydrogen-bond donors (Lipinski definition) is 0. The Labute approximate surface area is 151 Å². The second kappa shape index (κ2) is 7.04. The van der Waals surface area contributed by atoms with E-state index < -0.39 is 27.8 Å². The summed E-state index contributed by atoms with van der Waals surface area (Å²) < 4.78 is 65.9. The highest BCUT2D eigenvalue weighted by atomic mass is 32.2. The minimum atomic E-state index is -4.40. The molecule has 0 bridgehead atoms. The molecule has 1 unspecified atom stereocenters. The molecule has 0 amide bonds. The molecule has 0 radical (unpaired) electrons. The zero-order valence-corrected chi connectivity index (χ0v) is 15.1. The Morgan fingerprint density at radius 1 is 0.962 bits per heavy atom. The van der Waals surface area contributed by atoms with Crippen molar-refractivity contribution in [2.45, 2.75) is 43.3 Å². The number of benzene rings is 2. The molecule has 1 atom stereocenters. The smallest absolute Gasteiger partial charge is 0.207 e. The number of sulfonamides is 1. The molecule has 3 rings (SSSR count). The molecule has 0 saturated carbocycles. The van der Waals surface area contributed by atoms with Gasteiger partial charge in [0.15, 0.2) is 0 Å². The summed E-state index contributed by atoms with van der Waals surface area (Å²) in [6.07, 6.45) is -2.23. The van der Waals surface area contributed by atoms with Crippen molar-refractivity contribution in [2.24, 2.45) is 0 Å². The van der Waals surface area contributed by atoms with Crippen LogP contribution in [0.3, 0.4) is 0 Å². The van der Waals surface area contributed by atoms with E-state index in [4.69, 9.17) is 0 Å². The lowest BCUT2D eigenvalue weighted by Crippen LogP contribution is -2.38. The molecule has 26 heavy (non-hydrogen) atoms. The Hall–Kier alpha value is -1.86. The molecular weight excluding hydrogens is 363 g/mol. The third kappa shape index (κ3) is 3.78. The summed E-state index contributed by atoms with van der Waals surface area (Å²) in [5, 5.41) is 0. The highest BCUT2D eigenvalue weighted by Crippen LogP contribution is 2.37. The van der Waals surface area contributed by atoms with Gasteiger partial charge in [-0.15, -0.1) is 0 Å². The fourth-order valence-electron chi connectivity index (χ4n) is 3.27. The number of piperidine rings is 1. The first-order valence-electron chi connectivity index (χ1n) is 8.45. The molecule has 2 aromatic carbocycles. The van der Waals surface area contributed by atoms with Crippen LogP contribution in [0.5, 0.6) is 0 Å². The fraction of sp³-hybridized carbons (Fsp3) is 0.368. The average Bonchev–Trinajstić information content (AvgIpc) is 2.61. The van der Waals surface area contributed by atoms with Gasteiger partial charge in [0.1, 0.15) is 0 Å². The second-order valence-corrected chi connectivity index (χ2v) is 8.45. The van der Waals surface area contributed by atoms with Crippen molar-refractivity contribution in [2.75, 3.05) is 6.54 Å². The number of hydrogen-bond acceptors (Lipinski definition) is 2. The third-order valence-corrected chi connectivity index (χ3v) is 6.63. The molecule has 1 heterocycles. The van der Waals surface area contributed by atoms with E-state index in [1.165, 1.54) is 16.4 Å². The number of halogens is 3. The van der Waals surface area contributed by atoms with Gasteiger partial charge in [-0.1, -0.05) is 36.2 Å². The van der Waals surface area contributed by atoms with E-state index in [1.807, 2.05) is 6.92 Å². The Balaban J connectivity index is 1.94. The zero-order chi connectivity index (χ0) is 18.9. The predicted octanol–water partition coefficient (Wildman–Crippen LogP) is 4.93. The molecule has 0 aromatic heterocycles. The fourth-order valence-corrected chi connectivity index (χ4v) is 4.95. The van der Waals surface area contributed by atoms with E-state index in [0.29, 0.717) is 18.5 Å². The van der Waals surface area contributed by atoms with Crippen molar-refractivity contribution in [1.82, 2.24) is 4.31 Å². The molecule has 1 aliphatic heterocycles. The summed E-state index contributed by atoms with van der Waals surface area (Å²) in [5.41, 5.74) is 0.820. The third-order valence-electron chi connectivity index (χ3n) is 4.70. The van der Waals surface area contributed by atoms with Gasteiger partial charge in [0, 0.05) is 6.54 Å². The van der Waals surface area contributed by atoms with E-state index >= 15 is 0 Å². The summed E-state index contributed by atoms with van der Waals surface area (Å²) >= 11 is 0. The van der Waals surface area contributed by atoms with Crippen molar-refractivity contribution in [3.8, 4) is 0 Å². The first-order chi connectivity index (χ1) is 12.2. The molecular formula is C19H20F3NO2S. The zero-order valence-electron chi connectivity index (χ0n) is 14.3. The van der Waals surface area contributed by atoms with Crippen molar-refractivity contribution in [3.05, 3.63) is 65.2 Å². The van der Waals surface area contributed by atoms with Crippen LogP contribution in [0.15, 0.2) is 53.4 Å². The van der Waals surface area contributed by atoms with E-state index in [9.17, 15) is 21.6 Å². The van der Waals surface area contributed by atoms with Gasteiger partial charge >= 0.3 is 6.18 Å². The molecule has 0 aliphatic carbocycles. The van der Waals surface area contributed by atoms with Crippen LogP contribution in [-0.4, -0.2) is 19.3 Å². The summed E-state index contributed by atoms with van der Waals surface area (Å²) in [5.74, 6) is 0. The molecule has 2 aromatic rings. The van der Waals surface area contributed by atoms with E-state index in [2.05, 4.69) is 0 Å². The highest BCUT2D eigenvalue weighted by Gasteiger charge is 2.35. The van der Waals surface area contributed by atoms with Crippen LogP contribution in [0.4, 0.5) is 13.2 Å². The van der Waals surface area contributed by atoms with Crippen LogP contribution < -0.4 is 0 Å². The Bertz CT molecular complexity index is 859. The second-order valence-electron chi connectivity index (χ2n) is 6.56. The summed E-state index contributed by atoms with van der Waals surface area (Å²) in [6, 6.07) is 11.0.